The maximum atomic E-state index is 11.6. The van der Waals surface area contributed by atoms with Gasteiger partial charge in [0.25, 0.3) is 0 Å². The summed E-state index contributed by atoms with van der Waals surface area (Å²) in [6.07, 6.45) is 7.91. The molecule has 0 aliphatic rings. The number of hydrogen-bond acceptors (Lipinski definition) is 3. The third kappa shape index (κ3) is 7.55. The van der Waals surface area contributed by atoms with E-state index in [-0.39, 0.29) is 0 Å². The van der Waals surface area contributed by atoms with Gasteiger partial charge in [-0.3, -0.25) is 5.32 Å². The summed E-state index contributed by atoms with van der Waals surface area (Å²) in [5.41, 5.74) is 0.593. The highest BCUT2D eigenvalue weighted by Gasteiger charge is 2.06. The Morgan fingerprint density at radius 2 is 1.82 bits per heavy atom. The number of carbonyl (C=O) groups excluding carboxylic acids is 1. The molecule has 0 saturated heterocycles. The molecule has 124 valence electrons. The molecule has 1 N–H and O–H groups in total. The first-order chi connectivity index (χ1) is 10.7. The van der Waals surface area contributed by atoms with Crippen molar-refractivity contribution in [3.8, 4) is 5.75 Å². The van der Waals surface area contributed by atoms with Gasteiger partial charge in [-0.05, 0) is 24.6 Å². The van der Waals surface area contributed by atoms with Crippen LogP contribution in [0.4, 0.5) is 10.5 Å². The third-order valence-corrected chi connectivity index (χ3v) is 3.67. The second kappa shape index (κ2) is 11.2. The minimum Gasteiger partial charge on any atom is -0.495 e. The standard InChI is InChI=1S/C17H26ClNO3/c1-3-4-5-6-7-8-9-12-22-17(20)19-14-10-11-16(21-2)15(18)13-14/h10-11,13H,3-9,12H2,1-2H3,(H,19,20). The van der Waals surface area contributed by atoms with Gasteiger partial charge in [0.05, 0.1) is 18.7 Å². The van der Waals surface area contributed by atoms with Crippen molar-refractivity contribution >= 4 is 23.4 Å². The fourth-order valence-electron chi connectivity index (χ4n) is 2.12. The van der Waals surface area contributed by atoms with Gasteiger partial charge in [-0.1, -0.05) is 57.0 Å². The van der Waals surface area contributed by atoms with E-state index in [0.29, 0.717) is 23.1 Å². The lowest BCUT2D eigenvalue weighted by molar-refractivity contribution is 0.159. The van der Waals surface area contributed by atoms with Crippen LogP contribution in [0.2, 0.25) is 5.02 Å². The summed E-state index contributed by atoms with van der Waals surface area (Å²) in [6, 6.07) is 5.06. The molecule has 0 fully saturated rings. The van der Waals surface area contributed by atoms with Gasteiger partial charge in [-0.15, -0.1) is 0 Å². The molecule has 1 rings (SSSR count). The number of anilines is 1. The molecule has 1 amide bonds. The van der Waals surface area contributed by atoms with Crippen LogP contribution in [-0.2, 0) is 4.74 Å². The number of amides is 1. The van der Waals surface area contributed by atoms with Gasteiger partial charge in [-0.25, -0.2) is 4.79 Å². The van der Waals surface area contributed by atoms with Gasteiger partial charge in [0.15, 0.2) is 0 Å². The van der Waals surface area contributed by atoms with E-state index in [0.717, 1.165) is 12.8 Å². The molecule has 0 bridgehead atoms. The van der Waals surface area contributed by atoms with Crippen molar-refractivity contribution in [1.82, 2.24) is 0 Å². The maximum Gasteiger partial charge on any atom is 0.411 e. The molecule has 4 nitrogen and oxygen atoms in total. The molecule has 0 heterocycles. The molecule has 0 aromatic heterocycles. The minimum atomic E-state index is -0.452. The Balaban J connectivity index is 2.14. The first kappa shape index (κ1) is 18.6. The Labute approximate surface area is 138 Å². The summed E-state index contributed by atoms with van der Waals surface area (Å²) in [4.78, 5) is 11.6. The fourth-order valence-corrected chi connectivity index (χ4v) is 2.38. The Kier molecular flexibility index (Phi) is 9.47. The van der Waals surface area contributed by atoms with Crippen LogP contribution in [-0.4, -0.2) is 19.8 Å². The SMILES string of the molecule is CCCCCCCCCOC(=O)Nc1ccc(OC)c(Cl)c1. The van der Waals surface area contributed by atoms with E-state index < -0.39 is 6.09 Å². The van der Waals surface area contributed by atoms with Gasteiger partial charge >= 0.3 is 6.09 Å². The number of benzene rings is 1. The zero-order chi connectivity index (χ0) is 16.2. The molecule has 0 unspecified atom stereocenters. The molecule has 1 aromatic carbocycles. The van der Waals surface area contributed by atoms with Crippen LogP contribution in [0.5, 0.6) is 5.75 Å². The second-order valence-corrected chi connectivity index (χ2v) is 5.64. The Morgan fingerprint density at radius 3 is 2.45 bits per heavy atom. The van der Waals surface area contributed by atoms with Crippen molar-refractivity contribution < 1.29 is 14.3 Å². The number of carbonyl (C=O) groups is 1. The van der Waals surface area contributed by atoms with Crippen molar-refractivity contribution in [2.45, 2.75) is 51.9 Å². The van der Waals surface area contributed by atoms with Gasteiger partial charge in [0.2, 0.25) is 0 Å². The number of ether oxygens (including phenoxy) is 2. The minimum absolute atomic E-state index is 0.448. The average Bonchev–Trinajstić information content (AvgIpc) is 2.50. The number of nitrogens with one attached hydrogen (secondary N) is 1. The number of methoxy groups -OCH3 is 1. The van der Waals surface area contributed by atoms with E-state index in [2.05, 4.69) is 12.2 Å². The van der Waals surface area contributed by atoms with Crippen molar-refractivity contribution in [3.05, 3.63) is 23.2 Å². The summed E-state index contributed by atoms with van der Waals surface area (Å²) >= 11 is 5.99. The van der Waals surface area contributed by atoms with E-state index in [1.54, 1.807) is 25.3 Å². The van der Waals surface area contributed by atoms with Gasteiger partial charge in [0.1, 0.15) is 5.75 Å². The van der Waals surface area contributed by atoms with Crippen molar-refractivity contribution in [3.63, 3.8) is 0 Å². The number of rotatable bonds is 10. The molecule has 0 aliphatic heterocycles. The van der Waals surface area contributed by atoms with Gasteiger partial charge in [-0.2, -0.15) is 0 Å². The average molecular weight is 328 g/mol. The van der Waals surface area contributed by atoms with Crippen LogP contribution in [0.15, 0.2) is 18.2 Å². The first-order valence-electron chi connectivity index (χ1n) is 7.94. The second-order valence-electron chi connectivity index (χ2n) is 5.23. The van der Waals surface area contributed by atoms with Gasteiger partial charge < -0.3 is 9.47 Å². The van der Waals surface area contributed by atoms with Crippen LogP contribution in [0.25, 0.3) is 0 Å². The highest BCUT2D eigenvalue weighted by Crippen LogP contribution is 2.27. The molecule has 0 atom stereocenters. The van der Waals surface area contributed by atoms with Crippen molar-refractivity contribution in [2.75, 3.05) is 19.0 Å². The van der Waals surface area contributed by atoms with E-state index in [1.165, 1.54) is 32.1 Å². The highest BCUT2D eigenvalue weighted by atomic mass is 35.5. The quantitative estimate of drug-likeness (QED) is 0.565. The molecule has 0 aliphatic carbocycles. The van der Waals surface area contributed by atoms with Crippen molar-refractivity contribution in [1.29, 1.82) is 0 Å². The summed E-state index contributed by atoms with van der Waals surface area (Å²) in [5, 5.41) is 3.10. The lowest BCUT2D eigenvalue weighted by atomic mass is 10.1. The summed E-state index contributed by atoms with van der Waals surface area (Å²) in [6.45, 7) is 2.66. The topological polar surface area (TPSA) is 47.6 Å². The van der Waals surface area contributed by atoms with E-state index in [9.17, 15) is 4.79 Å². The van der Waals surface area contributed by atoms with Crippen molar-refractivity contribution in [2.24, 2.45) is 0 Å². The third-order valence-electron chi connectivity index (χ3n) is 3.38. The van der Waals surface area contributed by atoms with Crippen LogP contribution in [0.3, 0.4) is 0 Å². The molecule has 1 aromatic rings. The predicted molar refractivity (Wildman–Crippen MR) is 91.0 cm³/mol. The van der Waals surface area contributed by atoms with Crippen LogP contribution >= 0.6 is 11.6 Å². The normalized spacial score (nSPS) is 10.3. The van der Waals surface area contributed by atoms with Crippen LogP contribution in [0.1, 0.15) is 51.9 Å². The first-order valence-corrected chi connectivity index (χ1v) is 8.32. The zero-order valence-corrected chi connectivity index (χ0v) is 14.2. The molecular weight excluding hydrogens is 302 g/mol. The smallest absolute Gasteiger partial charge is 0.411 e. The van der Waals surface area contributed by atoms with Gasteiger partial charge in [0, 0.05) is 5.69 Å². The monoisotopic (exact) mass is 327 g/mol. The number of halogens is 1. The maximum absolute atomic E-state index is 11.6. The molecule has 0 radical (unpaired) electrons. The molecule has 5 heteroatoms. The van der Waals surface area contributed by atoms with E-state index in [1.807, 2.05) is 0 Å². The van der Waals surface area contributed by atoms with E-state index in [4.69, 9.17) is 21.1 Å². The highest BCUT2D eigenvalue weighted by molar-refractivity contribution is 6.32. The Hall–Kier alpha value is -1.42. The number of hydrogen-bond donors (Lipinski definition) is 1. The summed E-state index contributed by atoms with van der Waals surface area (Å²) in [5.74, 6) is 0.573. The molecule has 0 saturated carbocycles. The number of unbranched alkanes of at least 4 members (excludes halogenated alkanes) is 6. The summed E-state index contributed by atoms with van der Waals surface area (Å²) in [7, 11) is 1.55. The van der Waals surface area contributed by atoms with Crippen LogP contribution in [0, 0.1) is 0 Å². The zero-order valence-electron chi connectivity index (χ0n) is 13.5. The molecule has 0 spiro atoms. The van der Waals surface area contributed by atoms with E-state index >= 15 is 0 Å². The lowest BCUT2D eigenvalue weighted by Crippen LogP contribution is -2.14. The molecular formula is C17H26ClNO3. The largest absolute Gasteiger partial charge is 0.495 e. The van der Waals surface area contributed by atoms with Crippen LogP contribution < -0.4 is 10.1 Å². The predicted octanol–water partition coefficient (Wildman–Crippen LogP) is 5.65. The lowest BCUT2D eigenvalue weighted by Gasteiger charge is -2.09. The molecule has 22 heavy (non-hydrogen) atoms. The summed E-state index contributed by atoms with van der Waals surface area (Å²) < 4.78 is 10.2. The fraction of sp³-hybridized carbons (Fsp3) is 0.588. The Bertz CT molecular complexity index is 452. The Morgan fingerprint density at radius 1 is 1.14 bits per heavy atom.